The minimum absolute atomic E-state index is 0.212. The molecule has 1 aliphatic rings. The second-order valence-electron chi connectivity index (χ2n) is 5.66. The summed E-state index contributed by atoms with van der Waals surface area (Å²) in [7, 11) is 0. The molecule has 2 rings (SSSR count). The smallest absolute Gasteiger partial charge is 0.411 e. The summed E-state index contributed by atoms with van der Waals surface area (Å²) in [6, 6.07) is 3.54. The van der Waals surface area contributed by atoms with Crippen molar-refractivity contribution in [1.82, 2.24) is 9.88 Å². The third kappa shape index (κ3) is 3.93. The molecule has 1 unspecified atom stereocenters. The van der Waals surface area contributed by atoms with Gasteiger partial charge in [0.15, 0.2) is 0 Å². The van der Waals surface area contributed by atoms with E-state index in [4.69, 9.17) is 9.47 Å². The molecule has 0 saturated carbocycles. The Bertz CT molecular complexity index is 488. The molecular formula is C14H19BrN2O3. The van der Waals surface area contributed by atoms with Crippen LogP contribution in [0.2, 0.25) is 0 Å². The van der Waals surface area contributed by atoms with E-state index in [2.05, 4.69) is 20.9 Å². The lowest BCUT2D eigenvalue weighted by molar-refractivity contribution is -0.0340. The number of halogens is 1. The molecule has 2 heterocycles. The fourth-order valence-electron chi connectivity index (χ4n) is 1.99. The molecule has 1 saturated heterocycles. The van der Waals surface area contributed by atoms with Gasteiger partial charge in [-0.3, -0.25) is 9.88 Å². The molecule has 0 aromatic carbocycles. The molecule has 1 atom stereocenters. The average Bonchev–Trinajstić information content (AvgIpc) is 2.37. The molecule has 5 nitrogen and oxygen atoms in total. The highest BCUT2D eigenvalue weighted by molar-refractivity contribution is 9.10. The van der Waals surface area contributed by atoms with Gasteiger partial charge in [-0.05, 0) is 32.9 Å². The van der Waals surface area contributed by atoms with Crippen molar-refractivity contribution in [3.8, 4) is 0 Å². The number of aromatic nitrogens is 1. The zero-order chi connectivity index (χ0) is 14.8. The zero-order valence-electron chi connectivity index (χ0n) is 11.9. The van der Waals surface area contributed by atoms with E-state index in [0.717, 1.165) is 10.2 Å². The third-order valence-electron chi connectivity index (χ3n) is 2.84. The standard InChI is InChI=1S/C14H19BrN2O3/c1-14(2,3)20-13(18)17-6-7-19-9-12(17)11-8-10(15)4-5-16-11/h4-5,8,12H,6-7,9H2,1-3H3. The van der Waals surface area contributed by atoms with Crippen LogP contribution >= 0.6 is 15.9 Å². The predicted octanol–water partition coefficient (Wildman–Crippen LogP) is 3.15. The van der Waals surface area contributed by atoms with Crippen LogP contribution in [-0.4, -0.2) is 41.3 Å². The number of carbonyl (C=O) groups is 1. The summed E-state index contributed by atoms with van der Waals surface area (Å²) in [6.07, 6.45) is 1.38. The van der Waals surface area contributed by atoms with E-state index in [-0.39, 0.29) is 12.1 Å². The SMILES string of the molecule is CC(C)(C)OC(=O)N1CCOCC1c1cc(Br)ccn1. The molecule has 1 aliphatic heterocycles. The summed E-state index contributed by atoms with van der Waals surface area (Å²) in [5, 5.41) is 0. The summed E-state index contributed by atoms with van der Waals surface area (Å²) in [6.45, 7) is 7.04. The van der Waals surface area contributed by atoms with E-state index in [9.17, 15) is 4.79 Å². The number of hydrogen-bond donors (Lipinski definition) is 0. The van der Waals surface area contributed by atoms with Crippen LogP contribution in [0.4, 0.5) is 4.79 Å². The van der Waals surface area contributed by atoms with E-state index in [0.29, 0.717) is 19.8 Å². The minimum Gasteiger partial charge on any atom is -0.444 e. The van der Waals surface area contributed by atoms with Gasteiger partial charge in [0, 0.05) is 17.2 Å². The van der Waals surface area contributed by atoms with Crippen molar-refractivity contribution in [2.45, 2.75) is 32.4 Å². The molecule has 6 heteroatoms. The summed E-state index contributed by atoms with van der Waals surface area (Å²) in [5.74, 6) is 0. The number of rotatable bonds is 1. The van der Waals surface area contributed by atoms with Crippen molar-refractivity contribution in [3.05, 3.63) is 28.5 Å². The van der Waals surface area contributed by atoms with Crippen LogP contribution in [0.25, 0.3) is 0 Å². The fraction of sp³-hybridized carbons (Fsp3) is 0.571. The van der Waals surface area contributed by atoms with Gasteiger partial charge < -0.3 is 9.47 Å². The Kier molecular flexibility index (Phi) is 4.65. The van der Waals surface area contributed by atoms with Crippen molar-refractivity contribution in [2.24, 2.45) is 0 Å². The van der Waals surface area contributed by atoms with Crippen LogP contribution < -0.4 is 0 Å². The molecule has 110 valence electrons. The number of pyridine rings is 1. The van der Waals surface area contributed by atoms with Crippen molar-refractivity contribution in [3.63, 3.8) is 0 Å². The zero-order valence-corrected chi connectivity index (χ0v) is 13.5. The van der Waals surface area contributed by atoms with Gasteiger partial charge in [-0.15, -0.1) is 0 Å². The highest BCUT2D eigenvalue weighted by Crippen LogP contribution is 2.26. The number of nitrogens with zero attached hydrogens (tertiary/aromatic N) is 2. The molecule has 0 spiro atoms. The second-order valence-corrected chi connectivity index (χ2v) is 6.58. The Labute approximate surface area is 127 Å². The minimum atomic E-state index is -0.509. The Hall–Kier alpha value is -1.14. The topological polar surface area (TPSA) is 51.7 Å². The number of hydrogen-bond acceptors (Lipinski definition) is 4. The lowest BCUT2D eigenvalue weighted by atomic mass is 10.1. The lowest BCUT2D eigenvalue weighted by Gasteiger charge is -2.36. The van der Waals surface area contributed by atoms with Gasteiger partial charge in [-0.1, -0.05) is 15.9 Å². The fourth-order valence-corrected chi connectivity index (χ4v) is 2.34. The Morgan fingerprint density at radius 2 is 2.30 bits per heavy atom. The molecule has 1 fully saturated rings. The largest absolute Gasteiger partial charge is 0.444 e. The highest BCUT2D eigenvalue weighted by atomic mass is 79.9. The van der Waals surface area contributed by atoms with Gasteiger partial charge >= 0.3 is 6.09 Å². The van der Waals surface area contributed by atoms with Crippen molar-refractivity contribution < 1.29 is 14.3 Å². The molecule has 1 amide bonds. The lowest BCUT2D eigenvalue weighted by Crippen LogP contribution is -2.45. The first kappa shape index (κ1) is 15.3. The molecule has 0 radical (unpaired) electrons. The van der Waals surface area contributed by atoms with Crippen molar-refractivity contribution >= 4 is 22.0 Å². The first-order chi connectivity index (χ1) is 9.37. The number of amides is 1. The third-order valence-corrected chi connectivity index (χ3v) is 3.33. The second kappa shape index (κ2) is 6.10. The maximum Gasteiger partial charge on any atom is 0.411 e. The monoisotopic (exact) mass is 342 g/mol. The number of carbonyl (C=O) groups excluding carboxylic acids is 1. The van der Waals surface area contributed by atoms with Crippen LogP contribution in [0.1, 0.15) is 32.5 Å². The van der Waals surface area contributed by atoms with E-state index >= 15 is 0 Å². The van der Waals surface area contributed by atoms with Crippen LogP contribution in [0.15, 0.2) is 22.8 Å². The van der Waals surface area contributed by atoms with E-state index < -0.39 is 5.60 Å². The van der Waals surface area contributed by atoms with Gasteiger partial charge in [-0.2, -0.15) is 0 Å². The Morgan fingerprint density at radius 3 is 2.95 bits per heavy atom. The summed E-state index contributed by atoms with van der Waals surface area (Å²) in [4.78, 5) is 18.3. The number of ether oxygens (including phenoxy) is 2. The molecule has 1 aromatic rings. The van der Waals surface area contributed by atoms with Crippen LogP contribution in [0.3, 0.4) is 0 Å². The van der Waals surface area contributed by atoms with Crippen LogP contribution in [-0.2, 0) is 9.47 Å². The van der Waals surface area contributed by atoms with Crippen LogP contribution in [0.5, 0.6) is 0 Å². The molecule has 20 heavy (non-hydrogen) atoms. The summed E-state index contributed by atoms with van der Waals surface area (Å²) < 4.78 is 11.9. The van der Waals surface area contributed by atoms with E-state index in [1.54, 1.807) is 11.1 Å². The molecular weight excluding hydrogens is 324 g/mol. The van der Waals surface area contributed by atoms with Gasteiger partial charge in [0.25, 0.3) is 0 Å². The maximum atomic E-state index is 12.3. The first-order valence-corrected chi connectivity index (χ1v) is 7.35. The molecule has 1 aromatic heterocycles. The highest BCUT2D eigenvalue weighted by Gasteiger charge is 2.32. The summed E-state index contributed by atoms with van der Waals surface area (Å²) >= 11 is 3.42. The van der Waals surface area contributed by atoms with Gasteiger partial charge in [-0.25, -0.2) is 4.79 Å². The maximum absolute atomic E-state index is 12.3. The van der Waals surface area contributed by atoms with Crippen molar-refractivity contribution in [2.75, 3.05) is 19.8 Å². The normalized spacial score (nSPS) is 19.8. The number of morpholine rings is 1. The van der Waals surface area contributed by atoms with Crippen LogP contribution in [0, 0.1) is 0 Å². The Morgan fingerprint density at radius 1 is 1.55 bits per heavy atom. The van der Waals surface area contributed by atoms with Gasteiger partial charge in [0.05, 0.1) is 18.9 Å². The molecule has 0 aliphatic carbocycles. The van der Waals surface area contributed by atoms with E-state index in [1.165, 1.54) is 0 Å². The van der Waals surface area contributed by atoms with Gasteiger partial charge in [0.1, 0.15) is 11.6 Å². The first-order valence-electron chi connectivity index (χ1n) is 6.55. The van der Waals surface area contributed by atoms with Gasteiger partial charge in [0.2, 0.25) is 0 Å². The summed E-state index contributed by atoms with van der Waals surface area (Å²) in [5.41, 5.74) is 0.287. The quantitative estimate of drug-likeness (QED) is 0.786. The Balaban J connectivity index is 2.19. The van der Waals surface area contributed by atoms with E-state index in [1.807, 2.05) is 32.9 Å². The molecule has 0 N–H and O–H groups in total. The average molecular weight is 343 g/mol. The van der Waals surface area contributed by atoms with Crippen molar-refractivity contribution in [1.29, 1.82) is 0 Å². The molecule has 0 bridgehead atoms. The predicted molar refractivity (Wildman–Crippen MR) is 78.4 cm³/mol.